The van der Waals surface area contributed by atoms with Crippen molar-refractivity contribution in [2.45, 2.75) is 6.61 Å². The quantitative estimate of drug-likeness (QED) is 0.720. The van der Waals surface area contributed by atoms with E-state index in [9.17, 15) is 0 Å². The van der Waals surface area contributed by atoms with Crippen LogP contribution < -0.4 is 9.47 Å². The maximum Gasteiger partial charge on any atom is 0.264 e. The minimum atomic E-state index is 0.156. The smallest absolute Gasteiger partial charge is 0.264 e. The lowest BCUT2D eigenvalue weighted by atomic mass is 10.2. The highest BCUT2D eigenvalue weighted by Crippen LogP contribution is 2.21. The van der Waals surface area contributed by atoms with Crippen LogP contribution in [0.15, 0.2) is 53.1 Å². The van der Waals surface area contributed by atoms with E-state index in [1.165, 1.54) is 0 Å². The molecule has 0 bridgehead atoms. The van der Waals surface area contributed by atoms with Gasteiger partial charge in [-0.3, -0.25) is 0 Å². The average Bonchev–Trinajstić information content (AvgIpc) is 3.09. The molecule has 114 valence electrons. The Morgan fingerprint density at radius 1 is 1.13 bits per heavy atom. The fourth-order valence-corrected chi connectivity index (χ4v) is 1.96. The van der Waals surface area contributed by atoms with E-state index in [0.717, 1.165) is 11.3 Å². The standard InChI is InChI=1S/C17H13N3O3/c1-21-15-4-2-3-13(9-15)17-19-16(23-20-17)11-22-14-7-5-12(10-18)6-8-14/h2-9H,11H2,1H3. The zero-order valence-corrected chi connectivity index (χ0v) is 12.4. The van der Waals surface area contributed by atoms with Crippen molar-refractivity contribution in [1.82, 2.24) is 10.1 Å². The molecule has 0 unspecified atom stereocenters. The fourth-order valence-electron chi connectivity index (χ4n) is 1.96. The van der Waals surface area contributed by atoms with E-state index in [4.69, 9.17) is 19.3 Å². The number of ether oxygens (including phenoxy) is 2. The lowest BCUT2D eigenvalue weighted by molar-refractivity contribution is 0.243. The normalized spacial score (nSPS) is 10.1. The molecule has 0 radical (unpaired) electrons. The molecule has 3 rings (SSSR count). The minimum absolute atomic E-state index is 0.156. The maximum absolute atomic E-state index is 8.75. The predicted octanol–water partition coefficient (Wildman–Crippen LogP) is 3.20. The maximum atomic E-state index is 8.75. The van der Waals surface area contributed by atoms with Gasteiger partial charge in [0, 0.05) is 5.56 Å². The first-order chi connectivity index (χ1) is 11.3. The summed E-state index contributed by atoms with van der Waals surface area (Å²) in [5, 5.41) is 12.7. The molecule has 0 aliphatic carbocycles. The van der Waals surface area contributed by atoms with Crippen LogP contribution in [0.2, 0.25) is 0 Å². The minimum Gasteiger partial charge on any atom is -0.497 e. The van der Waals surface area contributed by atoms with Crippen LogP contribution in [0.25, 0.3) is 11.4 Å². The van der Waals surface area contributed by atoms with Gasteiger partial charge in [-0.15, -0.1) is 0 Å². The Hall–Kier alpha value is -3.33. The van der Waals surface area contributed by atoms with Gasteiger partial charge >= 0.3 is 0 Å². The predicted molar refractivity (Wildman–Crippen MR) is 81.8 cm³/mol. The number of benzene rings is 2. The second-order valence-electron chi connectivity index (χ2n) is 4.67. The molecule has 3 aromatic rings. The third-order valence-corrected chi connectivity index (χ3v) is 3.14. The molecule has 0 fully saturated rings. The Bertz CT molecular complexity index is 835. The number of aromatic nitrogens is 2. The molecule has 1 aromatic heterocycles. The Morgan fingerprint density at radius 3 is 2.70 bits per heavy atom. The second kappa shape index (κ2) is 6.62. The molecule has 0 N–H and O–H groups in total. The summed E-state index contributed by atoms with van der Waals surface area (Å²) in [5.74, 6) is 2.20. The summed E-state index contributed by atoms with van der Waals surface area (Å²) in [4.78, 5) is 4.29. The number of rotatable bonds is 5. The van der Waals surface area contributed by atoms with Gasteiger partial charge in [0.2, 0.25) is 5.82 Å². The summed E-state index contributed by atoms with van der Waals surface area (Å²) in [6.07, 6.45) is 0. The molecule has 0 atom stereocenters. The molecule has 23 heavy (non-hydrogen) atoms. The summed E-state index contributed by atoms with van der Waals surface area (Å²) in [5.41, 5.74) is 1.38. The third kappa shape index (κ3) is 3.47. The number of hydrogen-bond donors (Lipinski definition) is 0. The van der Waals surface area contributed by atoms with Gasteiger partial charge in [-0.1, -0.05) is 17.3 Å². The van der Waals surface area contributed by atoms with Crippen LogP contribution in [0.5, 0.6) is 11.5 Å². The molecular formula is C17H13N3O3. The van der Waals surface area contributed by atoms with Gasteiger partial charge < -0.3 is 14.0 Å². The molecule has 2 aromatic carbocycles. The summed E-state index contributed by atoms with van der Waals surface area (Å²) in [7, 11) is 1.60. The third-order valence-electron chi connectivity index (χ3n) is 3.14. The van der Waals surface area contributed by atoms with Gasteiger partial charge in [0.25, 0.3) is 5.89 Å². The van der Waals surface area contributed by atoms with Gasteiger partial charge in [-0.25, -0.2) is 0 Å². The van der Waals surface area contributed by atoms with Crippen LogP contribution in [0.1, 0.15) is 11.5 Å². The van der Waals surface area contributed by atoms with Crippen molar-refractivity contribution in [2.24, 2.45) is 0 Å². The Morgan fingerprint density at radius 2 is 1.96 bits per heavy atom. The van der Waals surface area contributed by atoms with Gasteiger partial charge in [0.05, 0.1) is 18.7 Å². The first kappa shape index (κ1) is 14.6. The highest BCUT2D eigenvalue weighted by molar-refractivity contribution is 5.56. The number of nitrogens with zero attached hydrogens (tertiary/aromatic N) is 3. The largest absolute Gasteiger partial charge is 0.497 e. The van der Waals surface area contributed by atoms with E-state index in [1.54, 1.807) is 31.4 Å². The Labute approximate surface area is 132 Å². The molecule has 0 saturated heterocycles. The SMILES string of the molecule is COc1cccc(-c2noc(COc3ccc(C#N)cc3)n2)c1. The molecule has 6 nitrogen and oxygen atoms in total. The van der Waals surface area contributed by atoms with Crippen molar-refractivity contribution in [3.63, 3.8) is 0 Å². The second-order valence-corrected chi connectivity index (χ2v) is 4.67. The van der Waals surface area contributed by atoms with E-state index in [2.05, 4.69) is 16.2 Å². The summed E-state index contributed by atoms with van der Waals surface area (Å²) in [6, 6.07) is 16.3. The summed E-state index contributed by atoms with van der Waals surface area (Å²) >= 11 is 0. The summed E-state index contributed by atoms with van der Waals surface area (Å²) < 4.78 is 15.9. The average molecular weight is 307 g/mol. The Balaban J connectivity index is 1.68. The molecule has 0 aliphatic heterocycles. The van der Waals surface area contributed by atoms with Gasteiger partial charge in [-0.2, -0.15) is 10.2 Å². The Kier molecular flexibility index (Phi) is 4.20. The van der Waals surface area contributed by atoms with Crippen LogP contribution in [0.3, 0.4) is 0 Å². The lowest BCUT2D eigenvalue weighted by Gasteiger charge is -2.02. The topological polar surface area (TPSA) is 81.2 Å². The summed E-state index contributed by atoms with van der Waals surface area (Å²) in [6.45, 7) is 0.156. The molecular weight excluding hydrogens is 294 g/mol. The van der Waals surface area contributed by atoms with Crippen LogP contribution in [-0.2, 0) is 6.61 Å². The van der Waals surface area contributed by atoms with Gasteiger partial charge in [0.1, 0.15) is 11.5 Å². The molecule has 0 aliphatic rings. The van der Waals surface area contributed by atoms with Crippen LogP contribution >= 0.6 is 0 Å². The highest BCUT2D eigenvalue weighted by atomic mass is 16.5. The van der Waals surface area contributed by atoms with E-state index in [1.807, 2.05) is 24.3 Å². The number of methoxy groups -OCH3 is 1. The van der Waals surface area contributed by atoms with E-state index < -0.39 is 0 Å². The van der Waals surface area contributed by atoms with E-state index in [-0.39, 0.29) is 6.61 Å². The van der Waals surface area contributed by atoms with Crippen molar-refractivity contribution in [3.05, 3.63) is 60.0 Å². The van der Waals surface area contributed by atoms with E-state index in [0.29, 0.717) is 23.0 Å². The highest BCUT2D eigenvalue weighted by Gasteiger charge is 2.10. The van der Waals surface area contributed by atoms with Crippen LogP contribution in [-0.4, -0.2) is 17.3 Å². The van der Waals surface area contributed by atoms with Crippen molar-refractivity contribution >= 4 is 0 Å². The zero-order chi connectivity index (χ0) is 16.1. The van der Waals surface area contributed by atoms with E-state index >= 15 is 0 Å². The van der Waals surface area contributed by atoms with Gasteiger partial charge in [-0.05, 0) is 36.4 Å². The van der Waals surface area contributed by atoms with Crippen molar-refractivity contribution in [3.8, 4) is 29.0 Å². The zero-order valence-electron chi connectivity index (χ0n) is 12.4. The molecule has 0 spiro atoms. The van der Waals surface area contributed by atoms with Crippen LogP contribution in [0.4, 0.5) is 0 Å². The first-order valence-corrected chi connectivity index (χ1v) is 6.88. The molecule has 6 heteroatoms. The fraction of sp³-hybridized carbons (Fsp3) is 0.118. The first-order valence-electron chi connectivity index (χ1n) is 6.88. The molecule has 0 saturated carbocycles. The van der Waals surface area contributed by atoms with Crippen molar-refractivity contribution in [2.75, 3.05) is 7.11 Å². The van der Waals surface area contributed by atoms with Crippen molar-refractivity contribution in [1.29, 1.82) is 5.26 Å². The van der Waals surface area contributed by atoms with Crippen molar-refractivity contribution < 1.29 is 14.0 Å². The number of nitriles is 1. The molecule has 1 heterocycles. The van der Waals surface area contributed by atoms with Gasteiger partial charge in [0.15, 0.2) is 6.61 Å². The lowest BCUT2D eigenvalue weighted by Crippen LogP contribution is -1.95. The number of hydrogen-bond acceptors (Lipinski definition) is 6. The van der Waals surface area contributed by atoms with Crippen LogP contribution in [0, 0.1) is 11.3 Å². The monoisotopic (exact) mass is 307 g/mol. The molecule has 0 amide bonds.